The number of amides is 2. The number of urea groups is 1. The molecule has 0 bridgehead atoms. The molecule has 5 nitrogen and oxygen atoms in total. The summed E-state index contributed by atoms with van der Waals surface area (Å²) in [6.45, 7) is 0.330. The maximum absolute atomic E-state index is 11.5. The number of carbonyl (C=O) groups is 1. The van der Waals surface area contributed by atoms with Crippen molar-refractivity contribution < 1.29 is 14.3 Å². The second kappa shape index (κ2) is 5.07. The summed E-state index contributed by atoms with van der Waals surface area (Å²) in [5.74, 6) is 0.845. The number of furan rings is 1. The van der Waals surface area contributed by atoms with Gasteiger partial charge in [0.1, 0.15) is 11.5 Å². The van der Waals surface area contributed by atoms with Crippen LogP contribution < -0.4 is 10.6 Å². The minimum absolute atomic E-state index is 0.159. The average molecular weight is 232 g/mol. The highest BCUT2D eigenvalue weighted by Gasteiger charge is 2.02. The summed E-state index contributed by atoms with van der Waals surface area (Å²) in [4.78, 5) is 11.5. The fourth-order valence-electron chi connectivity index (χ4n) is 1.30. The standard InChI is InChI=1S/C12H12N2O3/c15-10-5-3-9(4-6-10)14-12(16)13-8-11-2-1-7-17-11/h1-7,15H,8H2,(H2,13,14,16). The molecule has 0 saturated carbocycles. The molecule has 1 aromatic heterocycles. The minimum atomic E-state index is -0.327. The van der Waals surface area contributed by atoms with Crippen molar-refractivity contribution in [3.05, 3.63) is 48.4 Å². The van der Waals surface area contributed by atoms with Gasteiger partial charge in [-0.25, -0.2) is 4.79 Å². The van der Waals surface area contributed by atoms with E-state index in [1.165, 1.54) is 12.1 Å². The van der Waals surface area contributed by atoms with Crippen molar-refractivity contribution in [2.24, 2.45) is 0 Å². The smallest absolute Gasteiger partial charge is 0.319 e. The second-order valence-electron chi connectivity index (χ2n) is 3.43. The topological polar surface area (TPSA) is 74.5 Å². The Morgan fingerprint density at radius 2 is 2.00 bits per heavy atom. The van der Waals surface area contributed by atoms with Gasteiger partial charge < -0.3 is 20.2 Å². The first-order valence-corrected chi connectivity index (χ1v) is 5.10. The van der Waals surface area contributed by atoms with Crippen molar-refractivity contribution in [1.82, 2.24) is 5.32 Å². The van der Waals surface area contributed by atoms with Gasteiger partial charge in [0.15, 0.2) is 0 Å². The van der Waals surface area contributed by atoms with Crippen LogP contribution in [-0.4, -0.2) is 11.1 Å². The first-order chi connectivity index (χ1) is 8.24. The molecule has 1 aromatic carbocycles. The van der Waals surface area contributed by atoms with Gasteiger partial charge in [-0.3, -0.25) is 0 Å². The summed E-state index contributed by atoms with van der Waals surface area (Å²) in [6, 6.07) is 9.44. The van der Waals surface area contributed by atoms with Crippen molar-refractivity contribution in [3.63, 3.8) is 0 Å². The van der Waals surface area contributed by atoms with Gasteiger partial charge in [0.05, 0.1) is 12.8 Å². The van der Waals surface area contributed by atoms with E-state index in [0.29, 0.717) is 18.0 Å². The molecule has 2 rings (SSSR count). The maximum atomic E-state index is 11.5. The van der Waals surface area contributed by atoms with Crippen LogP contribution in [0.3, 0.4) is 0 Å². The maximum Gasteiger partial charge on any atom is 0.319 e. The molecule has 5 heteroatoms. The van der Waals surface area contributed by atoms with Crippen LogP contribution in [0.25, 0.3) is 0 Å². The Balaban J connectivity index is 1.83. The lowest BCUT2D eigenvalue weighted by Crippen LogP contribution is -2.27. The van der Waals surface area contributed by atoms with Crippen molar-refractivity contribution in [2.75, 3.05) is 5.32 Å². The Hall–Kier alpha value is -2.43. The summed E-state index contributed by atoms with van der Waals surface area (Å²) in [7, 11) is 0. The van der Waals surface area contributed by atoms with Crippen LogP contribution in [0.1, 0.15) is 5.76 Å². The number of hydrogen-bond acceptors (Lipinski definition) is 3. The van der Waals surface area contributed by atoms with Gasteiger partial charge >= 0.3 is 6.03 Å². The van der Waals surface area contributed by atoms with Gasteiger partial charge in [-0.05, 0) is 36.4 Å². The van der Waals surface area contributed by atoms with Crippen molar-refractivity contribution in [3.8, 4) is 5.75 Å². The molecule has 0 atom stereocenters. The lowest BCUT2D eigenvalue weighted by Gasteiger charge is -2.06. The number of carbonyl (C=O) groups excluding carboxylic acids is 1. The van der Waals surface area contributed by atoms with Gasteiger partial charge in [-0.1, -0.05) is 0 Å². The summed E-state index contributed by atoms with van der Waals surface area (Å²) < 4.78 is 5.07. The second-order valence-corrected chi connectivity index (χ2v) is 3.43. The van der Waals surface area contributed by atoms with Crippen molar-refractivity contribution in [1.29, 1.82) is 0 Å². The molecule has 0 aliphatic rings. The van der Waals surface area contributed by atoms with Crippen LogP contribution in [0.2, 0.25) is 0 Å². The molecule has 0 unspecified atom stereocenters. The molecule has 0 saturated heterocycles. The van der Waals surface area contributed by atoms with Crippen LogP contribution in [-0.2, 0) is 6.54 Å². The van der Waals surface area contributed by atoms with E-state index in [0.717, 1.165) is 0 Å². The van der Waals surface area contributed by atoms with E-state index in [4.69, 9.17) is 9.52 Å². The van der Waals surface area contributed by atoms with Gasteiger partial charge in [0.25, 0.3) is 0 Å². The number of hydrogen-bond donors (Lipinski definition) is 3. The molecule has 3 N–H and O–H groups in total. The Bertz CT molecular complexity index is 477. The third-order valence-corrected chi connectivity index (χ3v) is 2.13. The number of anilines is 1. The summed E-state index contributed by atoms with van der Waals surface area (Å²) in [6.07, 6.45) is 1.55. The van der Waals surface area contributed by atoms with E-state index < -0.39 is 0 Å². The highest BCUT2D eigenvalue weighted by atomic mass is 16.3. The molecule has 0 aliphatic carbocycles. The number of rotatable bonds is 3. The summed E-state index contributed by atoms with van der Waals surface area (Å²) in [5.41, 5.74) is 0.611. The predicted octanol–water partition coefficient (Wildman–Crippen LogP) is 2.31. The van der Waals surface area contributed by atoms with E-state index >= 15 is 0 Å². The molecular weight excluding hydrogens is 220 g/mol. The van der Waals surface area contributed by atoms with E-state index in [1.807, 2.05) is 0 Å². The normalized spacial score (nSPS) is 9.88. The van der Waals surface area contributed by atoms with Crippen molar-refractivity contribution >= 4 is 11.7 Å². The number of phenols is 1. The van der Waals surface area contributed by atoms with E-state index in [1.54, 1.807) is 30.5 Å². The first kappa shape index (κ1) is 11.1. The van der Waals surface area contributed by atoms with Crippen LogP contribution in [0.15, 0.2) is 47.1 Å². The highest BCUT2D eigenvalue weighted by molar-refractivity contribution is 5.89. The fraction of sp³-hybridized carbons (Fsp3) is 0.0833. The number of nitrogens with one attached hydrogen (secondary N) is 2. The van der Waals surface area contributed by atoms with E-state index in [9.17, 15) is 4.79 Å². The fourth-order valence-corrected chi connectivity index (χ4v) is 1.30. The quantitative estimate of drug-likeness (QED) is 0.711. The molecule has 0 spiro atoms. The summed E-state index contributed by atoms with van der Waals surface area (Å²) in [5, 5.41) is 14.3. The molecule has 88 valence electrons. The lowest BCUT2D eigenvalue weighted by molar-refractivity contribution is 0.251. The first-order valence-electron chi connectivity index (χ1n) is 5.10. The zero-order chi connectivity index (χ0) is 12.1. The van der Waals surface area contributed by atoms with Crippen LogP contribution in [0.5, 0.6) is 5.75 Å². The Morgan fingerprint density at radius 1 is 1.24 bits per heavy atom. The van der Waals surface area contributed by atoms with Gasteiger partial charge in [-0.15, -0.1) is 0 Å². The Morgan fingerprint density at radius 3 is 2.65 bits per heavy atom. The zero-order valence-corrected chi connectivity index (χ0v) is 9.01. The third kappa shape index (κ3) is 3.27. The van der Waals surface area contributed by atoms with E-state index in [-0.39, 0.29) is 11.8 Å². The SMILES string of the molecule is O=C(NCc1ccco1)Nc1ccc(O)cc1. The molecule has 0 radical (unpaired) electrons. The molecule has 0 fully saturated rings. The van der Waals surface area contributed by atoms with Crippen LogP contribution >= 0.6 is 0 Å². The van der Waals surface area contributed by atoms with E-state index in [2.05, 4.69) is 10.6 Å². The van der Waals surface area contributed by atoms with Gasteiger partial charge in [0, 0.05) is 5.69 Å². The van der Waals surface area contributed by atoms with Gasteiger partial charge in [-0.2, -0.15) is 0 Å². The highest BCUT2D eigenvalue weighted by Crippen LogP contribution is 2.13. The molecular formula is C12H12N2O3. The Labute approximate surface area is 98.1 Å². The molecule has 1 heterocycles. The molecule has 2 amide bonds. The number of aromatic hydroxyl groups is 1. The number of phenolic OH excluding ortho intramolecular Hbond substituents is 1. The molecule has 17 heavy (non-hydrogen) atoms. The number of benzene rings is 1. The molecule has 0 aliphatic heterocycles. The Kier molecular flexibility index (Phi) is 3.30. The van der Waals surface area contributed by atoms with Crippen LogP contribution in [0.4, 0.5) is 10.5 Å². The molecule has 2 aromatic rings. The minimum Gasteiger partial charge on any atom is -0.508 e. The monoisotopic (exact) mass is 232 g/mol. The predicted molar refractivity (Wildman–Crippen MR) is 62.7 cm³/mol. The average Bonchev–Trinajstić information content (AvgIpc) is 2.83. The third-order valence-electron chi connectivity index (χ3n) is 2.13. The van der Waals surface area contributed by atoms with Crippen LogP contribution in [0, 0.1) is 0 Å². The zero-order valence-electron chi connectivity index (χ0n) is 9.01. The lowest BCUT2D eigenvalue weighted by atomic mass is 10.3. The largest absolute Gasteiger partial charge is 0.508 e. The summed E-state index contributed by atoms with van der Waals surface area (Å²) >= 11 is 0. The van der Waals surface area contributed by atoms with Crippen molar-refractivity contribution in [2.45, 2.75) is 6.54 Å². The van der Waals surface area contributed by atoms with Gasteiger partial charge in [0.2, 0.25) is 0 Å².